The Labute approximate surface area is 78.8 Å². The van der Waals surface area contributed by atoms with E-state index >= 15 is 0 Å². The molecule has 0 aliphatic heterocycles. The van der Waals surface area contributed by atoms with E-state index in [-0.39, 0.29) is 17.9 Å². The van der Waals surface area contributed by atoms with Crippen LogP contribution in [0.2, 0.25) is 0 Å². The van der Waals surface area contributed by atoms with Gasteiger partial charge < -0.3 is 10.4 Å². The van der Waals surface area contributed by atoms with Crippen LogP contribution in [0.25, 0.3) is 0 Å². The maximum Gasteiger partial charge on any atom is 0.243 e. The van der Waals surface area contributed by atoms with E-state index in [1.807, 2.05) is 0 Å². The quantitative estimate of drug-likeness (QED) is 0.634. The van der Waals surface area contributed by atoms with Gasteiger partial charge >= 0.3 is 0 Å². The minimum Gasteiger partial charge on any atom is -0.396 e. The van der Waals surface area contributed by atoms with Crippen LogP contribution in [0.1, 0.15) is 25.7 Å². The van der Waals surface area contributed by atoms with Gasteiger partial charge in [0, 0.05) is 12.0 Å². The topological polar surface area (TPSA) is 49.3 Å². The fraction of sp³-hybridized carbons (Fsp3) is 0.700. The minimum absolute atomic E-state index is 0.0569. The third-order valence-electron chi connectivity index (χ3n) is 2.82. The number of amides is 1. The highest BCUT2D eigenvalue weighted by Gasteiger charge is 2.33. The van der Waals surface area contributed by atoms with Crippen molar-refractivity contribution in [1.82, 2.24) is 5.32 Å². The van der Waals surface area contributed by atoms with Crippen LogP contribution in [0.5, 0.6) is 0 Å². The Morgan fingerprint density at radius 2 is 2.15 bits per heavy atom. The Morgan fingerprint density at radius 1 is 1.54 bits per heavy atom. The lowest BCUT2D eigenvalue weighted by atomic mass is 9.87. The molecule has 0 aromatic rings. The van der Waals surface area contributed by atoms with E-state index in [0.717, 1.165) is 25.7 Å². The maximum absolute atomic E-state index is 10.9. The molecule has 0 bridgehead atoms. The lowest BCUT2D eigenvalue weighted by Crippen LogP contribution is -2.37. The first kappa shape index (κ1) is 10.3. The third kappa shape index (κ3) is 2.56. The number of hydrogen-bond acceptors (Lipinski definition) is 2. The van der Waals surface area contributed by atoms with E-state index in [1.165, 1.54) is 6.08 Å². The second kappa shape index (κ2) is 4.42. The Balaban J connectivity index is 2.39. The molecule has 0 spiro atoms. The van der Waals surface area contributed by atoms with Gasteiger partial charge in [0.25, 0.3) is 0 Å². The summed E-state index contributed by atoms with van der Waals surface area (Å²) in [5.74, 6) is -0.153. The largest absolute Gasteiger partial charge is 0.396 e. The van der Waals surface area contributed by atoms with Gasteiger partial charge in [-0.3, -0.25) is 4.79 Å². The Bertz CT molecular complexity index is 195. The molecule has 3 heteroatoms. The molecule has 1 aliphatic rings. The predicted molar refractivity (Wildman–Crippen MR) is 51.2 cm³/mol. The zero-order valence-electron chi connectivity index (χ0n) is 7.88. The molecule has 2 N–H and O–H groups in total. The number of aliphatic hydroxyl groups is 1. The molecule has 1 saturated carbocycles. The van der Waals surface area contributed by atoms with Gasteiger partial charge in [-0.1, -0.05) is 19.4 Å². The molecule has 0 aromatic carbocycles. The summed E-state index contributed by atoms with van der Waals surface area (Å²) in [6.07, 6.45) is 5.61. The number of carbonyl (C=O) groups excluding carboxylic acids is 1. The van der Waals surface area contributed by atoms with E-state index in [1.54, 1.807) is 0 Å². The van der Waals surface area contributed by atoms with Crippen LogP contribution in [-0.4, -0.2) is 24.2 Å². The predicted octanol–water partition coefficient (Wildman–Crippen LogP) is 0.841. The molecule has 13 heavy (non-hydrogen) atoms. The Hall–Kier alpha value is -0.830. The normalized spacial score (nSPS) is 19.8. The molecule has 1 amide bonds. The van der Waals surface area contributed by atoms with Gasteiger partial charge in [0.15, 0.2) is 0 Å². The lowest BCUT2D eigenvalue weighted by Gasteiger charge is -2.26. The van der Waals surface area contributed by atoms with Gasteiger partial charge in [-0.05, 0) is 18.9 Å². The van der Waals surface area contributed by atoms with Gasteiger partial charge in [0.05, 0.1) is 6.61 Å². The van der Waals surface area contributed by atoms with E-state index in [4.69, 9.17) is 0 Å². The third-order valence-corrected chi connectivity index (χ3v) is 2.82. The van der Waals surface area contributed by atoms with Crippen molar-refractivity contribution < 1.29 is 9.90 Å². The Kier molecular flexibility index (Phi) is 3.48. The fourth-order valence-electron chi connectivity index (χ4n) is 1.86. The maximum atomic E-state index is 10.9. The van der Waals surface area contributed by atoms with Crippen molar-refractivity contribution in [2.75, 3.05) is 13.2 Å². The molecule has 1 aliphatic carbocycles. The molecular formula is C10H17NO2. The number of rotatable bonds is 4. The average Bonchev–Trinajstić information content (AvgIpc) is 2.63. The molecule has 0 radical (unpaired) electrons. The molecule has 1 fully saturated rings. The number of hydrogen-bond donors (Lipinski definition) is 2. The zero-order valence-corrected chi connectivity index (χ0v) is 7.88. The second-order valence-electron chi connectivity index (χ2n) is 3.79. The van der Waals surface area contributed by atoms with Crippen molar-refractivity contribution in [3.8, 4) is 0 Å². The summed E-state index contributed by atoms with van der Waals surface area (Å²) in [7, 11) is 0. The van der Waals surface area contributed by atoms with Crippen LogP contribution in [0.15, 0.2) is 12.7 Å². The summed E-state index contributed by atoms with van der Waals surface area (Å²) in [5, 5.41) is 12.0. The molecule has 3 nitrogen and oxygen atoms in total. The van der Waals surface area contributed by atoms with E-state index in [9.17, 15) is 9.90 Å². The molecule has 0 aromatic heterocycles. The summed E-state index contributed by atoms with van der Waals surface area (Å²) in [6.45, 7) is 4.13. The summed E-state index contributed by atoms with van der Waals surface area (Å²) < 4.78 is 0. The zero-order chi connectivity index (χ0) is 9.73. The number of aliphatic hydroxyl groups excluding tert-OH is 1. The molecule has 0 unspecified atom stereocenters. The van der Waals surface area contributed by atoms with Crippen LogP contribution >= 0.6 is 0 Å². The first-order valence-corrected chi connectivity index (χ1v) is 4.74. The highest BCUT2D eigenvalue weighted by molar-refractivity contribution is 5.86. The van der Waals surface area contributed by atoms with Crippen molar-refractivity contribution in [1.29, 1.82) is 0 Å². The Morgan fingerprint density at radius 3 is 2.62 bits per heavy atom. The lowest BCUT2D eigenvalue weighted by molar-refractivity contribution is -0.117. The summed E-state index contributed by atoms with van der Waals surface area (Å²) in [4.78, 5) is 10.9. The van der Waals surface area contributed by atoms with E-state index in [2.05, 4.69) is 11.9 Å². The average molecular weight is 183 g/mol. The van der Waals surface area contributed by atoms with Crippen molar-refractivity contribution in [2.24, 2.45) is 5.41 Å². The summed E-state index contributed by atoms with van der Waals surface area (Å²) in [5.41, 5.74) is -0.0569. The van der Waals surface area contributed by atoms with Crippen LogP contribution in [0.3, 0.4) is 0 Å². The second-order valence-corrected chi connectivity index (χ2v) is 3.79. The number of nitrogens with one attached hydrogen (secondary N) is 1. The smallest absolute Gasteiger partial charge is 0.243 e. The highest BCUT2D eigenvalue weighted by atomic mass is 16.3. The van der Waals surface area contributed by atoms with Gasteiger partial charge in [-0.2, -0.15) is 0 Å². The number of carbonyl (C=O) groups is 1. The molecule has 1 rings (SSSR count). The van der Waals surface area contributed by atoms with E-state index < -0.39 is 0 Å². The standard InChI is InChI=1S/C10H17NO2/c1-2-9(13)11-7-10(8-12)5-3-4-6-10/h2,12H,1,3-8H2,(H,11,13). The molecule has 0 atom stereocenters. The van der Waals surface area contributed by atoms with Gasteiger partial charge in [-0.15, -0.1) is 0 Å². The van der Waals surface area contributed by atoms with Crippen LogP contribution in [0.4, 0.5) is 0 Å². The first-order valence-electron chi connectivity index (χ1n) is 4.74. The summed E-state index contributed by atoms with van der Waals surface area (Å²) in [6, 6.07) is 0. The van der Waals surface area contributed by atoms with Crippen LogP contribution < -0.4 is 5.32 Å². The SMILES string of the molecule is C=CC(=O)NCC1(CO)CCCC1. The first-order chi connectivity index (χ1) is 6.22. The van der Waals surface area contributed by atoms with Gasteiger partial charge in [-0.25, -0.2) is 0 Å². The molecule has 74 valence electrons. The van der Waals surface area contributed by atoms with Crippen LogP contribution in [-0.2, 0) is 4.79 Å². The van der Waals surface area contributed by atoms with Crippen molar-refractivity contribution in [2.45, 2.75) is 25.7 Å². The molecule has 0 heterocycles. The van der Waals surface area contributed by atoms with E-state index in [0.29, 0.717) is 6.54 Å². The summed E-state index contributed by atoms with van der Waals surface area (Å²) >= 11 is 0. The van der Waals surface area contributed by atoms with Crippen molar-refractivity contribution in [3.05, 3.63) is 12.7 Å². The van der Waals surface area contributed by atoms with Crippen molar-refractivity contribution >= 4 is 5.91 Å². The molecular weight excluding hydrogens is 166 g/mol. The van der Waals surface area contributed by atoms with Gasteiger partial charge in [0.2, 0.25) is 5.91 Å². The monoisotopic (exact) mass is 183 g/mol. The van der Waals surface area contributed by atoms with Gasteiger partial charge in [0.1, 0.15) is 0 Å². The van der Waals surface area contributed by atoms with Crippen molar-refractivity contribution in [3.63, 3.8) is 0 Å². The highest BCUT2D eigenvalue weighted by Crippen LogP contribution is 2.36. The van der Waals surface area contributed by atoms with Crippen LogP contribution in [0, 0.1) is 5.41 Å². The molecule has 0 saturated heterocycles. The minimum atomic E-state index is -0.153. The fourth-order valence-corrected chi connectivity index (χ4v) is 1.86.